The molecule has 0 spiro atoms. The van der Waals surface area contributed by atoms with Crippen molar-refractivity contribution in [1.82, 2.24) is 4.90 Å². The van der Waals surface area contributed by atoms with Crippen molar-refractivity contribution in [3.8, 4) is 11.5 Å². The van der Waals surface area contributed by atoms with Crippen molar-refractivity contribution in [2.24, 2.45) is 11.3 Å². The number of aliphatic hydroxyl groups excluding tert-OH is 1. The van der Waals surface area contributed by atoms with Crippen molar-refractivity contribution in [3.05, 3.63) is 23.3 Å². The van der Waals surface area contributed by atoms with Gasteiger partial charge >= 0.3 is 6.18 Å². The maximum atomic E-state index is 12.4. The number of piperidine rings is 1. The minimum absolute atomic E-state index is 0.100. The van der Waals surface area contributed by atoms with Gasteiger partial charge in [0, 0.05) is 19.1 Å². The summed E-state index contributed by atoms with van der Waals surface area (Å²) in [4.78, 5) is 2.43. The minimum atomic E-state index is -4.25. The Morgan fingerprint density at radius 1 is 1.17 bits per heavy atom. The summed E-state index contributed by atoms with van der Waals surface area (Å²) in [6, 6.07) is 3.80. The van der Waals surface area contributed by atoms with Gasteiger partial charge in [0.25, 0.3) is 0 Å². The molecule has 2 aliphatic heterocycles. The van der Waals surface area contributed by atoms with E-state index in [-0.39, 0.29) is 23.5 Å². The zero-order valence-electron chi connectivity index (χ0n) is 17.7. The summed E-state index contributed by atoms with van der Waals surface area (Å²) < 4.78 is 48.1. The molecule has 3 atom stereocenters. The third kappa shape index (κ3) is 5.57. The highest BCUT2D eigenvalue weighted by molar-refractivity contribution is 5.49. The maximum absolute atomic E-state index is 12.4. The Kier molecular flexibility index (Phi) is 6.39. The van der Waals surface area contributed by atoms with Gasteiger partial charge in [-0.05, 0) is 53.9 Å². The third-order valence-corrected chi connectivity index (χ3v) is 5.89. The molecule has 4 nitrogen and oxygen atoms in total. The van der Waals surface area contributed by atoms with Crippen LogP contribution in [0.2, 0.25) is 0 Å². The second kappa shape index (κ2) is 8.34. The van der Waals surface area contributed by atoms with Gasteiger partial charge < -0.3 is 14.6 Å². The van der Waals surface area contributed by atoms with E-state index in [0.29, 0.717) is 17.9 Å². The molecule has 0 bridgehead atoms. The summed E-state index contributed by atoms with van der Waals surface area (Å²) in [6.07, 6.45) is -3.17. The number of aliphatic hydroxyl groups is 1. The molecule has 29 heavy (non-hydrogen) atoms. The first kappa shape index (κ1) is 22.2. The van der Waals surface area contributed by atoms with E-state index in [1.54, 1.807) is 0 Å². The minimum Gasteiger partial charge on any atom is -0.493 e. The van der Waals surface area contributed by atoms with Gasteiger partial charge in [-0.1, -0.05) is 20.8 Å². The molecule has 164 valence electrons. The fourth-order valence-electron chi connectivity index (χ4n) is 4.64. The van der Waals surface area contributed by atoms with Crippen LogP contribution in [0.3, 0.4) is 0 Å². The van der Waals surface area contributed by atoms with Gasteiger partial charge in [0.1, 0.15) is 0 Å². The first-order valence-electron chi connectivity index (χ1n) is 10.3. The number of fused-ring (bicyclic) bond motifs is 3. The average Bonchev–Trinajstić information content (AvgIpc) is 2.59. The summed E-state index contributed by atoms with van der Waals surface area (Å²) >= 11 is 0. The van der Waals surface area contributed by atoms with E-state index in [9.17, 15) is 18.3 Å². The molecule has 0 aliphatic carbocycles. The van der Waals surface area contributed by atoms with E-state index in [1.807, 2.05) is 12.1 Å². The fraction of sp³-hybridized carbons (Fsp3) is 0.727. The summed E-state index contributed by atoms with van der Waals surface area (Å²) in [5.74, 6) is 1.05. The summed E-state index contributed by atoms with van der Waals surface area (Å²) in [6.45, 7) is 7.89. The maximum Gasteiger partial charge on any atom is 0.392 e. The van der Waals surface area contributed by atoms with Gasteiger partial charge in [0.2, 0.25) is 0 Å². The van der Waals surface area contributed by atoms with Crippen LogP contribution in [-0.4, -0.2) is 49.1 Å². The second-order valence-corrected chi connectivity index (χ2v) is 9.50. The molecular formula is C22H32F3NO3. The normalized spacial score (nSPS) is 25.3. The van der Waals surface area contributed by atoms with Crippen molar-refractivity contribution < 1.29 is 27.8 Å². The highest BCUT2D eigenvalue weighted by Crippen LogP contribution is 2.44. The van der Waals surface area contributed by atoms with E-state index in [0.717, 1.165) is 37.1 Å². The number of alkyl halides is 3. The molecule has 7 heteroatoms. The Morgan fingerprint density at radius 2 is 1.90 bits per heavy atom. The highest BCUT2D eigenvalue weighted by Gasteiger charge is 2.40. The SMILES string of the molecule is COc1cc2c(cc1OCCC(F)(F)F)CCN1C[C@H](CC(C)(C)C)[C@@H](O)C[C@@H]21. The molecule has 2 heterocycles. The van der Waals surface area contributed by atoms with Crippen LogP contribution in [0, 0.1) is 11.3 Å². The Bertz CT molecular complexity index is 714. The molecule has 0 saturated carbocycles. The molecule has 1 fully saturated rings. The molecule has 0 aromatic heterocycles. The monoisotopic (exact) mass is 415 g/mol. The lowest BCUT2D eigenvalue weighted by Crippen LogP contribution is -2.48. The number of halogens is 3. The Hall–Kier alpha value is -1.47. The third-order valence-electron chi connectivity index (χ3n) is 5.89. The molecule has 1 aromatic rings. The van der Waals surface area contributed by atoms with Crippen LogP contribution in [0.25, 0.3) is 0 Å². The van der Waals surface area contributed by atoms with E-state index in [4.69, 9.17) is 9.47 Å². The van der Waals surface area contributed by atoms with Gasteiger partial charge in [0.05, 0.1) is 26.2 Å². The predicted octanol–water partition coefficient (Wildman–Crippen LogP) is 4.74. The van der Waals surface area contributed by atoms with Crippen LogP contribution in [0.4, 0.5) is 13.2 Å². The smallest absolute Gasteiger partial charge is 0.392 e. The molecule has 1 saturated heterocycles. The standard InChI is InChI=1S/C22H32F3NO3/c1-21(2,3)12-15-13-26-7-5-14-9-20(29-8-6-22(23,24)25)19(28-4)10-16(14)17(26)11-18(15)27/h9-10,15,17-18,27H,5-8,11-13H2,1-4H3/t15-,17-,18-/m0/s1. The zero-order valence-corrected chi connectivity index (χ0v) is 17.7. The lowest BCUT2D eigenvalue weighted by molar-refractivity contribution is -0.139. The van der Waals surface area contributed by atoms with E-state index >= 15 is 0 Å². The number of nitrogens with zero attached hydrogens (tertiary/aromatic N) is 1. The number of ether oxygens (including phenoxy) is 2. The zero-order chi connectivity index (χ0) is 21.4. The van der Waals surface area contributed by atoms with Crippen LogP contribution in [0.15, 0.2) is 12.1 Å². The van der Waals surface area contributed by atoms with Crippen LogP contribution >= 0.6 is 0 Å². The van der Waals surface area contributed by atoms with Crippen LogP contribution in [0.5, 0.6) is 11.5 Å². The van der Waals surface area contributed by atoms with E-state index in [1.165, 1.54) is 7.11 Å². The number of hydrogen-bond acceptors (Lipinski definition) is 4. The van der Waals surface area contributed by atoms with Crippen LogP contribution in [-0.2, 0) is 6.42 Å². The van der Waals surface area contributed by atoms with Gasteiger partial charge in [-0.2, -0.15) is 13.2 Å². The van der Waals surface area contributed by atoms with Crippen molar-refractivity contribution in [2.75, 3.05) is 26.8 Å². The second-order valence-electron chi connectivity index (χ2n) is 9.50. The van der Waals surface area contributed by atoms with Crippen molar-refractivity contribution in [1.29, 1.82) is 0 Å². The predicted molar refractivity (Wildman–Crippen MR) is 105 cm³/mol. The van der Waals surface area contributed by atoms with Crippen molar-refractivity contribution in [2.45, 2.75) is 64.8 Å². The first-order valence-corrected chi connectivity index (χ1v) is 10.3. The Morgan fingerprint density at radius 3 is 2.52 bits per heavy atom. The summed E-state index contributed by atoms with van der Waals surface area (Å²) in [5, 5.41) is 10.8. The average molecular weight is 415 g/mol. The first-order chi connectivity index (χ1) is 13.5. The lowest BCUT2D eigenvalue weighted by atomic mass is 9.75. The van der Waals surface area contributed by atoms with E-state index < -0.39 is 19.2 Å². The van der Waals surface area contributed by atoms with Gasteiger partial charge in [-0.25, -0.2) is 0 Å². The summed E-state index contributed by atoms with van der Waals surface area (Å²) in [7, 11) is 1.49. The summed E-state index contributed by atoms with van der Waals surface area (Å²) in [5.41, 5.74) is 2.32. The molecule has 2 aliphatic rings. The molecule has 0 unspecified atom stereocenters. The topological polar surface area (TPSA) is 41.9 Å². The Labute approximate surface area is 171 Å². The molecule has 1 N–H and O–H groups in total. The van der Waals surface area contributed by atoms with Gasteiger partial charge in [-0.3, -0.25) is 4.90 Å². The Balaban J connectivity index is 1.77. The molecule has 1 aromatic carbocycles. The van der Waals surface area contributed by atoms with Crippen LogP contribution in [0.1, 0.15) is 57.2 Å². The largest absolute Gasteiger partial charge is 0.493 e. The molecule has 0 amide bonds. The molecular weight excluding hydrogens is 383 g/mol. The molecule has 0 radical (unpaired) electrons. The fourth-order valence-corrected chi connectivity index (χ4v) is 4.64. The van der Waals surface area contributed by atoms with E-state index in [2.05, 4.69) is 25.7 Å². The number of benzene rings is 1. The van der Waals surface area contributed by atoms with Crippen LogP contribution < -0.4 is 9.47 Å². The number of hydrogen-bond donors (Lipinski definition) is 1. The van der Waals surface area contributed by atoms with Gasteiger partial charge in [-0.15, -0.1) is 0 Å². The van der Waals surface area contributed by atoms with Crippen molar-refractivity contribution >= 4 is 0 Å². The molecule has 3 rings (SSSR count). The van der Waals surface area contributed by atoms with Gasteiger partial charge in [0.15, 0.2) is 11.5 Å². The quantitative estimate of drug-likeness (QED) is 0.754. The lowest BCUT2D eigenvalue weighted by Gasteiger charge is -2.47. The van der Waals surface area contributed by atoms with Crippen molar-refractivity contribution in [3.63, 3.8) is 0 Å². The highest BCUT2D eigenvalue weighted by atomic mass is 19.4. The number of methoxy groups -OCH3 is 1. The number of rotatable bonds is 5.